The molecular weight excluding hydrogens is 332 g/mol. The van der Waals surface area contributed by atoms with Crippen molar-refractivity contribution in [3.63, 3.8) is 0 Å². The summed E-state index contributed by atoms with van der Waals surface area (Å²) in [4.78, 5) is 14.6. The molecule has 1 atom stereocenters. The third kappa shape index (κ3) is 6.04. The van der Waals surface area contributed by atoms with E-state index in [0.717, 1.165) is 31.9 Å². The molecular formula is C20H30N2O4. The number of rotatable bonds is 8. The lowest BCUT2D eigenvalue weighted by molar-refractivity contribution is -0.116. The molecule has 2 rings (SSSR count). The van der Waals surface area contributed by atoms with Gasteiger partial charge in [-0.05, 0) is 29.7 Å². The molecule has 0 spiro atoms. The fourth-order valence-electron chi connectivity index (χ4n) is 3.06. The van der Waals surface area contributed by atoms with E-state index in [9.17, 15) is 4.79 Å². The lowest BCUT2D eigenvalue weighted by Crippen LogP contribution is -2.51. The van der Waals surface area contributed by atoms with Crippen molar-refractivity contribution in [3.05, 3.63) is 29.8 Å². The minimum atomic E-state index is -0.106. The van der Waals surface area contributed by atoms with Gasteiger partial charge in [-0.15, -0.1) is 0 Å². The fraction of sp³-hybridized carbons (Fsp3) is 0.550. The second-order valence-corrected chi connectivity index (χ2v) is 6.68. The average molecular weight is 362 g/mol. The molecule has 0 bridgehead atoms. The van der Waals surface area contributed by atoms with Crippen LogP contribution in [0.25, 0.3) is 6.08 Å². The van der Waals surface area contributed by atoms with Gasteiger partial charge in [-0.1, -0.05) is 13.8 Å². The molecule has 1 aromatic carbocycles. The summed E-state index contributed by atoms with van der Waals surface area (Å²) in [6, 6.07) is 5.83. The number of carbonyl (C=O) groups is 1. The number of hydrogen-bond donors (Lipinski definition) is 1. The number of hydrogen-bond acceptors (Lipinski definition) is 5. The van der Waals surface area contributed by atoms with E-state index in [1.54, 1.807) is 32.4 Å². The Bertz CT molecular complexity index is 588. The molecule has 1 N–H and O–H groups in total. The zero-order chi connectivity index (χ0) is 18.9. The van der Waals surface area contributed by atoms with Gasteiger partial charge in [0.15, 0.2) is 0 Å². The molecule has 1 amide bonds. The van der Waals surface area contributed by atoms with Gasteiger partial charge in [-0.25, -0.2) is 0 Å². The van der Waals surface area contributed by atoms with Gasteiger partial charge in [0, 0.05) is 37.8 Å². The van der Waals surface area contributed by atoms with Crippen molar-refractivity contribution in [3.8, 4) is 11.5 Å². The molecule has 1 saturated heterocycles. The monoisotopic (exact) mass is 362 g/mol. The molecule has 26 heavy (non-hydrogen) atoms. The van der Waals surface area contributed by atoms with Gasteiger partial charge >= 0.3 is 0 Å². The number of amides is 1. The summed E-state index contributed by atoms with van der Waals surface area (Å²) >= 11 is 0. The van der Waals surface area contributed by atoms with Crippen LogP contribution in [-0.2, 0) is 9.53 Å². The molecule has 0 aromatic heterocycles. The van der Waals surface area contributed by atoms with Crippen LogP contribution in [0.5, 0.6) is 11.5 Å². The van der Waals surface area contributed by atoms with Crippen LogP contribution in [0.15, 0.2) is 24.3 Å². The Hall–Kier alpha value is -2.05. The molecule has 1 aliphatic rings. The average Bonchev–Trinajstić information content (AvgIpc) is 2.66. The Balaban J connectivity index is 1.93. The summed E-state index contributed by atoms with van der Waals surface area (Å²) < 4.78 is 15.9. The van der Waals surface area contributed by atoms with Crippen molar-refractivity contribution in [2.75, 3.05) is 47.1 Å². The SMILES string of the molecule is COc1cc(/C=C/C(=O)NCC(C(C)C)N2CCOCC2)cc(OC)c1. The highest BCUT2D eigenvalue weighted by Crippen LogP contribution is 2.23. The van der Waals surface area contributed by atoms with Gasteiger partial charge in [0.2, 0.25) is 5.91 Å². The first-order valence-electron chi connectivity index (χ1n) is 9.04. The molecule has 1 fully saturated rings. The molecule has 0 saturated carbocycles. The number of benzene rings is 1. The van der Waals surface area contributed by atoms with E-state index in [0.29, 0.717) is 30.0 Å². The highest BCUT2D eigenvalue weighted by Gasteiger charge is 2.23. The molecule has 1 heterocycles. The van der Waals surface area contributed by atoms with E-state index >= 15 is 0 Å². The summed E-state index contributed by atoms with van der Waals surface area (Å²) in [7, 11) is 3.21. The predicted octanol–water partition coefficient (Wildman–Crippen LogP) is 2.19. The first kappa shape index (κ1) is 20.3. The Morgan fingerprint density at radius 3 is 2.35 bits per heavy atom. The predicted molar refractivity (Wildman–Crippen MR) is 103 cm³/mol. The molecule has 6 nitrogen and oxygen atoms in total. The van der Waals surface area contributed by atoms with Crippen LogP contribution >= 0.6 is 0 Å². The van der Waals surface area contributed by atoms with E-state index in [1.165, 1.54) is 0 Å². The Labute approximate surface area is 156 Å². The molecule has 1 aliphatic heterocycles. The fourth-order valence-corrected chi connectivity index (χ4v) is 3.06. The topological polar surface area (TPSA) is 60.0 Å². The summed E-state index contributed by atoms with van der Waals surface area (Å²) in [6.45, 7) is 8.34. The maximum atomic E-state index is 12.2. The van der Waals surface area contributed by atoms with Crippen molar-refractivity contribution >= 4 is 12.0 Å². The van der Waals surface area contributed by atoms with E-state index in [-0.39, 0.29) is 5.91 Å². The Kier molecular flexibility index (Phi) is 7.94. The van der Waals surface area contributed by atoms with Gasteiger partial charge in [0.25, 0.3) is 0 Å². The quantitative estimate of drug-likeness (QED) is 0.719. The number of nitrogens with one attached hydrogen (secondary N) is 1. The van der Waals surface area contributed by atoms with Crippen molar-refractivity contribution in [2.45, 2.75) is 19.9 Å². The van der Waals surface area contributed by atoms with Crippen LogP contribution < -0.4 is 14.8 Å². The van der Waals surface area contributed by atoms with Crippen molar-refractivity contribution in [2.24, 2.45) is 5.92 Å². The lowest BCUT2D eigenvalue weighted by atomic mass is 10.0. The smallest absolute Gasteiger partial charge is 0.244 e. The van der Waals surface area contributed by atoms with Gasteiger partial charge in [-0.2, -0.15) is 0 Å². The molecule has 1 unspecified atom stereocenters. The summed E-state index contributed by atoms with van der Waals surface area (Å²) in [5, 5.41) is 3.02. The molecule has 1 aromatic rings. The lowest BCUT2D eigenvalue weighted by Gasteiger charge is -2.36. The number of nitrogens with zero attached hydrogens (tertiary/aromatic N) is 1. The third-order valence-electron chi connectivity index (χ3n) is 4.57. The largest absolute Gasteiger partial charge is 0.497 e. The van der Waals surface area contributed by atoms with E-state index in [1.807, 2.05) is 12.1 Å². The van der Waals surface area contributed by atoms with Crippen LogP contribution in [0, 0.1) is 5.92 Å². The standard InChI is InChI=1S/C20H30N2O4/c1-15(2)19(22-7-9-26-10-8-22)14-21-20(23)6-5-16-11-17(24-3)13-18(12-16)25-4/h5-6,11-13,15,19H,7-10,14H2,1-4H3,(H,21,23)/b6-5+. The second-order valence-electron chi connectivity index (χ2n) is 6.68. The highest BCUT2D eigenvalue weighted by molar-refractivity contribution is 5.91. The summed E-state index contributed by atoms with van der Waals surface area (Å²) in [5.74, 6) is 1.74. The first-order chi connectivity index (χ1) is 12.5. The van der Waals surface area contributed by atoms with Gasteiger partial charge in [0.1, 0.15) is 11.5 Å². The molecule has 144 valence electrons. The van der Waals surface area contributed by atoms with E-state index in [2.05, 4.69) is 24.1 Å². The Morgan fingerprint density at radius 2 is 1.81 bits per heavy atom. The van der Waals surface area contributed by atoms with Crippen LogP contribution in [0.4, 0.5) is 0 Å². The Morgan fingerprint density at radius 1 is 1.19 bits per heavy atom. The highest BCUT2D eigenvalue weighted by atomic mass is 16.5. The molecule has 6 heteroatoms. The van der Waals surface area contributed by atoms with E-state index in [4.69, 9.17) is 14.2 Å². The normalized spacial score (nSPS) is 16.7. The minimum absolute atomic E-state index is 0.106. The second kappa shape index (κ2) is 10.2. The number of morpholine rings is 1. The van der Waals surface area contributed by atoms with Gasteiger partial charge in [0.05, 0.1) is 27.4 Å². The van der Waals surface area contributed by atoms with Crippen LogP contribution in [-0.4, -0.2) is 63.9 Å². The number of carbonyl (C=O) groups excluding carboxylic acids is 1. The van der Waals surface area contributed by atoms with Crippen LogP contribution in [0.1, 0.15) is 19.4 Å². The number of methoxy groups -OCH3 is 2. The minimum Gasteiger partial charge on any atom is -0.497 e. The third-order valence-corrected chi connectivity index (χ3v) is 4.57. The van der Waals surface area contributed by atoms with Crippen molar-refractivity contribution < 1.29 is 19.0 Å². The van der Waals surface area contributed by atoms with Crippen LogP contribution in [0.2, 0.25) is 0 Å². The maximum Gasteiger partial charge on any atom is 0.244 e. The zero-order valence-corrected chi connectivity index (χ0v) is 16.2. The summed E-state index contributed by atoms with van der Waals surface area (Å²) in [5.41, 5.74) is 0.852. The maximum absolute atomic E-state index is 12.2. The van der Waals surface area contributed by atoms with E-state index < -0.39 is 0 Å². The molecule has 0 radical (unpaired) electrons. The van der Waals surface area contributed by atoms with Gasteiger partial charge < -0.3 is 19.5 Å². The summed E-state index contributed by atoms with van der Waals surface area (Å²) in [6.07, 6.45) is 3.31. The van der Waals surface area contributed by atoms with Crippen molar-refractivity contribution in [1.29, 1.82) is 0 Å². The van der Waals surface area contributed by atoms with Crippen LogP contribution in [0.3, 0.4) is 0 Å². The zero-order valence-electron chi connectivity index (χ0n) is 16.2. The molecule has 0 aliphatic carbocycles. The van der Waals surface area contributed by atoms with Gasteiger partial charge in [-0.3, -0.25) is 9.69 Å². The van der Waals surface area contributed by atoms with Crippen molar-refractivity contribution in [1.82, 2.24) is 10.2 Å². The number of ether oxygens (including phenoxy) is 3. The first-order valence-corrected chi connectivity index (χ1v) is 9.04.